The summed E-state index contributed by atoms with van der Waals surface area (Å²) in [6.45, 7) is 3.22. The van der Waals surface area contributed by atoms with Crippen molar-refractivity contribution in [3.8, 4) is 0 Å². The van der Waals surface area contributed by atoms with E-state index >= 15 is 0 Å². The number of anilines is 1. The third-order valence-electron chi connectivity index (χ3n) is 8.73. The Labute approximate surface area is 224 Å². The molecule has 0 radical (unpaired) electrons. The molecule has 7 nitrogen and oxygen atoms in total. The summed E-state index contributed by atoms with van der Waals surface area (Å²) in [5, 5.41) is 3.24. The van der Waals surface area contributed by atoms with Crippen LogP contribution in [0.5, 0.6) is 0 Å². The van der Waals surface area contributed by atoms with Gasteiger partial charge >= 0.3 is 5.69 Å². The SMILES string of the molecule is O=c1n(CCNc2ncccn2)c2ccccc2n1C1CCN(C2(c3ccccc3)CCCCCC2)CC1. The maximum atomic E-state index is 13.8. The third kappa shape index (κ3) is 4.75. The number of hydrogen-bond donors (Lipinski definition) is 1. The first-order valence-electron chi connectivity index (χ1n) is 14.3. The minimum Gasteiger partial charge on any atom is -0.352 e. The van der Waals surface area contributed by atoms with E-state index in [9.17, 15) is 4.79 Å². The number of hydrogen-bond acceptors (Lipinski definition) is 5. The summed E-state index contributed by atoms with van der Waals surface area (Å²) in [5.41, 5.74) is 3.74. The summed E-state index contributed by atoms with van der Waals surface area (Å²) in [7, 11) is 0. The summed E-state index contributed by atoms with van der Waals surface area (Å²) < 4.78 is 3.99. The van der Waals surface area contributed by atoms with E-state index in [0.29, 0.717) is 19.0 Å². The van der Waals surface area contributed by atoms with Crippen molar-refractivity contribution < 1.29 is 0 Å². The number of fused-ring (bicyclic) bond motifs is 1. The van der Waals surface area contributed by atoms with Gasteiger partial charge in [-0.2, -0.15) is 0 Å². The van der Waals surface area contributed by atoms with Gasteiger partial charge in [-0.25, -0.2) is 14.8 Å². The van der Waals surface area contributed by atoms with E-state index in [1.165, 1.54) is 44.1 Å². The molecule has 7 heteroatoms. The first kappa shape index (κ1) is 24.9. The van der Waals surface area contributed by atoms with Gasteiger partial charge in [-0.15, -0.1) is 0 Å². The van der Waals surface area contributed by atoms with Crippen LogP contribution in [0, 0.1) is 0 Å². The molecule has 2 aromatic heterocycles. The molecule has 3 heterocycles. The van der Waals surface area contributed by atoms with Gasteiger partial charge in [-0.3, -0.25) is 14.0 Å². The normalized spacial score (nSPS) is 18.8. The summed E-state index contributed by atoms with van der Waals surface area (Å²) in [6, 6.07) is 21.4. The molecular formula is C31H38N6O. The topological polar surface area (TPSA) is 68.0 Å². The lowest BCUT2D eigenvalue weighted by Crippen LogP contribution is -2.50. The fraction of sp³-hybridized carbons (Fsp3) is 0.452. The fourth-order valence-corrected chi connectivity index (χ4v) is 6.87. The number of nitrogens with one attached hydrogen (secondary N) is 1. The zero-order chi connectivity index (χ0) is 25.8. The molecule has 198 valence electrons. The highest BCUT2D eigenvalue weighted by molar-refractivity contribution is 5.76. The summed E-state index contributed by atoms with van der Waals surface area (Å²) in [6.07, 6.45) is 13.2. The Morgan fingerprint density at radius 3 is 2.18 bits per heavy atom. The molecule has 0 amide bonds. The molecule has 0 bridgehead atoms. The van der Waals surface area contributed by atoms with E-state index in [2.05, 4.69) is 67.2 Å². The molecule has 4 aromatic rings. The smallest absolute Gasteiger partial charge is 0.329 e. The zero-order valence-electron chi connectivity index (χ0n) is 22.1. The monoisotopic (exact) mass is 510 g/mol. The predicted molar refractivity (Wildman–Crippen MR) is 152 cm³/mol. The fourth-order valence-electron chi connectivity index (χ4n) is 6.87. The van der Waals surface area contributed by atoms with E-state index in [1.54, 1.807) is 18.5 Å². The van der Waals surface area contributed by atoms with Crippen LogP contribution in [0.4, 0.5) is 5.95 Å². The molecule has 0 spiro atoms. The zero-order valence-corrected chi connectivity index (χ0v) is 22.1. The predicted octanol–water partition coefficient (Wildman–Crippen LogP) is 5.59. The second-order valence-corrected chi connectivity index (χ2v) is 10.8. The van der Waals surface area contributed by atoms with Crippen LogP contribution in [0.2, 0.25) is 0 Å². The quantitative estimate of drug-likeness (QED) is 0.328. The van der Waals surface area contributed by atoms with E-state index in [4.69, 9.17) is 0 Å². The highest BCUT2D eigenvalue weighted by Gasteiger charge is 2.40. The molecule has 2 fully saturated rings. The maximum Gasteiger partial charge on any atom is 0.329 e. The number of imidazole rings is 1. The van der Waals surface area contributed by atoms with Crippen LogP contribution in [-0.2, 0) is 12.1 Å². The van der Waals surface area contributed by atoms with Gasteiger partial charge in [0.1, 0.15) is 0 Å². The minimum absolute atomic E-state index is 0.0904. The van der Waals surface area contributed by atoms with Gasteiger partial charge in [0.2, 0.25) is 5.95 Å². The molecule has 38 heavy (non-hydrogen) atoms. The van der Waals surface area contributed by atoms with Gasteiger partial charge in [-0.1, -0.05) is 68.1 Å². The highest BCUT2D eigenvalue weighted by Crippen LogP contribution is 2.43. The average molecular weight is 511 g/mol. The summed E-state index contributed by atoms with van der Waals surface area (Å²) in [4.78, 5) is 25.0. The van der Waals surface area contributed by atoms with Gasteiger partial charge in [0.05, 0.1) is 11.0 Å². The van der Waals surface area contributed by atoms with Crippen molar-refractivity contribution >= 4 is 17.0 Å². The van der Waals surface area contributed by atoms with Gasteiger partial charge in [0.15, 0.2) is 0 Å². The first-order valence-corrected chi connectivity index (χ1v) is 14.3. The van der Waals surface area contributed by atoms with Crippen molar-refractivity contribution in [1.82, 2.24) is 24.0 Å². The molecule has 1 aliphatic heterocycles. The van der Waals surface area contributed by atoms with Gasteiger partial charge < -0.3 is 5.32 Å². The van der Waals surface area contributed by atoms with Crippen LogP contribution in [0.3, 0.4) is 0 Å². The number of nitrogens with zero attached hydrogens (tertiary/aromatic N) is 5. The van der Waals surface area contributed by atoms with Crippen LogP contribution < -0.4 is 11.0 Å². The Kier molecular flexibility index (Phi) is 7.27. The molecular weight excluding hydrogens is 472 g/mol. The standard InChI is InChI=1S/C31H38N6O/c38-30-36(24-21-34-29-32-19-10-20-33-29)27-13-6-7-14-28(27)37(30)26-15-22-35(23-16-26)31(17-8-1-2-9-18-31)25-11-4-3-5-12-25/h3-7,10-14,19-20,26H,1-2,8-9,15-18,21-24H2,(H,32,33,34). The average Bonchev–Trinajstić information content (AvgIpc) is 3.11. The molecule has 1 N–H and O–H groups in total. The summed E-state index contributed by atoms with van der Waals surface area (Å²) >= 11 is 0. The molecule has 2 aliphatic rings. The van der Waals surface area contributed by atoms with Gasteiger partial charge in [-0.05, 0) is 49.4 Å². The number of para-hydroxylation sites is 2. The molecule has 0 unspecified atom stereocenters. The largest absolute Gasteiger partial charge is 0.352 e. The van der Waals surface area contributed by atoms with Crippen molar-refractivity contribution in [2.24, 2.45) is 0 Å². The number of aromatic nitrogens is 4. The lowest BCUT2D eigenvalue weighted by Gasteiger charge is -2.47. The lowest BCUT2D eigenvalue weighted by atomic mass is 9.79. The molecule has 1 saturated carbocycles. The Bertz CT molecular complexity index is 1380. The maximum absolute atomic E-state index is 13.8. The van der Waals surface area contributed by atoms with E-state index in [1.807, 2.05) is 16.7 Å². The van der Waals surface area contributed by atoms with Crippen LogP contribution in [0.25, 0.3) is 11.0 Å². The number of piperidine rings is 1. The van der Waals surface area contributed by atoms with E-state index in [-0.39, 0.29) is 17.3 Å². The molecule has 0 atom stereocenters. The Morgan fingerprint density at radius 1 is 0.816 bits per heavy atom. The third-order valence-corrected chi connectivity index (χ3v) is 8.73. The van der Waals surface area contributed by atoms with Gasteiger partial charge in [0, 0.05) is 50.2 Å². The van der Waals surface area contributed by atoms with E-state index < -0.39 is 0 Å². The Balaban J connectivity index is 1.23. The van der Waals surface area contributed by atoms with Crippen molar-refractivity contribution in [2.45, 2.75) is 69.5 Å². The number of benzene rings is 2. The number of rotatable bonds is 7. The molecule has 6 rings (SSSR count). The van der Waals surface area contributed by atoms with Crippen molar-refractivity contribution in [3.63, 3.8) is 0 Å². The Morgan fingerprint density at radius 2 is 1.47 bits per heavy atom. The molecule has 2 aromatic carbocycles. The first-order chi connectivity index (χ1) is 18.8. The van der Waals surface area contributed by atoms with Crippen molar-refractivity contribution in [1.29, 1.82) is 0 Å². The highest BCUT2D eigenvalue weighted by atomic mass is 16.1. The van der Waals surface area contributed by atoms with E-state index in [0.717, 1.165) is 37.0 Å². The second-order valence-electron chi connectivity index (χ2n) is 10.8. The summed E-state index contributed by atoms with van der Waals surface area (Å²) in [5.74, 6) is 0.586. The molecule has 1 aliphatic carbocycles. The van der Waals surface area contributed by atoms with Crippen LogP contribution >= 0.6 is 0 Å². The Hall–Kier alpha value is -3.45. The number of likely N-dealkylation sites (tertiary alicyclic amines) is 1. The lowest BCUT2D eigenvalue weighted by molar-refractivity contribution is 0.0355. The van der Waals surface area contributed by atoms with Crippen molar-refractivity contribution in [2.75, 3.05) is 25.0 Å². The minimum atomic E-state index is 0.0904. The second kappa shape index (κ2) is 11.1. The van der Waals surface area contributed by atoms with Gasteiger partial charge in [0.25, 0.3) is 0 Å². The van der Waals surface area contributed by atoms with Crippen LogP contribution in [0.1, 0.15) is 63.0 Å². The van der Waals surface area contributed by atoms with Crippen molar-refractivity contribution in [3.05, 3.63) is 89.1 Å². The van der Waals surface area contributed by atoms with Crippen LogP contribution in [0.15, 0.2) is 77.9 Å². The van der Waals surface area contributed by atoms with Crippen LogP contribution in [-0.4, -0.2) is 43.6 Å². The molecule has 1 saturated heterocycles.